The highest BCUT2D eigenvalue weighted by molar-refractivity contribution is 5.85. The van der Waals surface area contributed by atoms with Gasteiger partial charge in [0.25, 0.3) is 0 Å². The predicted molar refractivity (Wildman–Crippen MR) is 72.9 cm³/mol. The zero-order valence-corrected chi connectivity index (χ0v) is 10.9. The Morgan fingerprint density at radius 3 is 2.32 bits per heavy atom. The van der Waals surface area contributed by atoms with Crippen LogP contribution in [0.1, 0.15) is 23.0 Å². The molecule has 98 valence electrons. The lowest BCUT2D eigenvalue weighted by molar-refractivity contribution is 0.0689. The second-order valence-electron chi connectivity index (χ2n) is 4.16. The van der Waals surface area contributed by atoms with Crippen LogP contribution in [-0.2, 0) is 6.42 Å². The maximum Gasteiger partial charge on any atom is 0.356 e. The standard InChI is InChI=1S/C14H15N3O2/c1-3-10-4-6-11(7-5-10)17(2)13-9-8-12(14(18)19)15-16-13/h4-9H,3H2,1-2H3,(H,18,19). The molecule has 5 nitrogen and oxygen atoms in total. The second-order valence-corrected chi connectivity index (χ2v) is 4.16. The molecule has 1 aromatic heterocycles. The highest BCUT2D eigenvalue weighted by Crippen LogP contribution is 2.21. The Kier molecular flexibility index (Phi) is 3.75. The summed E-state index contributed by atoms with van der Waals surface area (Å²) < 4.78 is 0. The molecule has 2 aromatic rings. The summed E-state index contributed by atoms with van der Waals surface area (Å²) in [5.41, 5.74) is 2.19. The minimum absolute atomic E-state index is 0.0570. The first kappa shape index (κ1) is 13.0. The third-order valence-corrected chi connectivity index (χ3v) is 2.95. The predicted octanol–water partition coefficient (Wildman–Crippen LogP) is 2.51. The normalized spacial score (nSPS) is 10.2. The quantitative estimate of drug-likeness (QED) is 0.911. The molecule has 1 N–H and O–H groups in total. The fraction of sp³-hybridized carbons (Fsp3) is 0.214. The van der Waals surface area contributed by atoms with Gasteiger partial charge in [-0.3, -0.25) is 0 Å². The van der Waals surface area contributed by atoms with Crippen molar-refractivity contribution in [3.63, 3.8) is 0 Å². The van der Waals surface area contributed by atoms with Crippen LogP contribution in [0.2, 0.25) is 0 Å². The summed E-state index contributed by atoms with van der Waals surface area (Å²) in [5, 5.41) is 16.4. The van der Waals surface area contributed by atoms with E-state index in [1.165, 1.54) is 11.6 Å². The van der Waals surface area contributed by atoms with Crippen LogP contribution in [0.3, 0.4) is 0 Å². The van der Waals surface area contributed by atoms with Crippen LogP contribution in [0.25, 0.3) is 0 Å². The summed E-state index contributed by atoms with van der Waals surface area (Å²) in [6.07, 6.45) is 0.997. The van der Waals surface area contributed by atoms with E-state index in [4.69, 9.17) is 5.11 Å². The molecule has 0 fully saturated rings. The Bertz CT molecular complexity index is 564. The van der Waals surface area contributed by atoms with Crippen LogP contribution in [0.4, 0.5) is 11.5 Å². The highest BCUT2D eigenvalue weighted by atomic mass is 16.4. The minimum atomic E-state index is -1.07. The summed E-state index contributed by atoms with van der Waals surface area (Å²) in [5.74, 6) is -0.469. The number of anilines is 2. The van der Waals surface area contributed by atoms with Crippen LogP contribution < -0.4 is 4.90 Å². The van der Waals surface area contributed by atoms with E-state index in [-0.39, 0.29) is 5.69 Å². The number of benzene rings is 1. The van der Waals surface area contributed by atoms with Crippen LogP contribution in [-0.4, -0.2) is 28.3 Å². The van der Waals surface area contributed by atoms with Crippen molar-refractivity contribution >= 4 is 17.5 Å². The fourth-order valence-corrected chi connectivity index (χ4v) is 1.71. The van der Waals surface area contributed by atoms with E-state index in [1.807, 2.05) is 24.1 Å². The van der Waals surface area contributed by atoms with Crippen molar-refractivity contribution in [1.82, 2.24) is 10.2 Å². The van der Waals surface area contributed by atoms with Gasteiger partial charge in [0.15, 0.2) is 11.5 Å². The number of nitrogens with zero attached hydrogens (tertiary/aromatic N) is 3. The first-order chi connectivity index (χ1) is 9.11. The van der Waals surface area contributed by atoms with E-state index < -0.39 is 5.97 Å². The summed E-state index contributed by atoms with van der Waals surface area (Å²) in [6, 6.07) is 11.2. The summed E-state index contributed by atoms with van der Waals surface area (Å²) >= 11 is 0. The Hall–Kier alpha value is -2.43. The van der Waals surface area contributed by atoms with Crippen molar-refractivity contribution in [3.8, 4) is 0 Å². The van der Waals surface area contributed by atoms with Gasteiger partial charge in [-0.15, -0.1) is 10.2 Å². The number of aromatic carboxylic acids is 1. The maximum atomic E-state index is 10.7. The number of aromatic nitrogens is 2. The van der Waals surface area contributed by atoms with Crippen molar-refractivity contribution in [1.29, 1.82) is 0 Å². The highest BCUT2D eigenvalue weighted by Gasteiger charge is 2.09. The van der Waals surface area contributed by atoms with E-state index in [0.29, 0.717) is 5.82 Å². The Balaban J connectivity index is 2.22. The molecule has 0 amide bonds. The molecule has 0 unspecified atom stereocenters. The number of rotatable bonds is 4. The minimum Gasteiger partial charge on any atom is -0.476 e. The van der Waals surface area contributed by atoms with Crippen molar-refractivity contribution in [2.24, 2.45) is 0 Å². The number of carboxylic acids is 1. The van der Waals surface area contributed by atoms with E-state index >= 15 is 0 Å². The van der Waals surface area contributed by atoms with Gasteiger partial charge >= 0.3 is 5.97 Å². The van der Waals surface area contributed by atoms with Crippen molar-refractivity contribution in [2.75, 3.05) is 11.9 Å². The number of hydrogen-bond donors (Lipinski definition) is 1. The molecule has 0 saturated heterocycles. The molecular formula is C14H15N3O2. The topological polar surface area (TPSA) is 66.3 Å². The summed E-state index contributed by atoms with van der Waals surface area (Å²) in [6.45, 7) is 2.11. The summed E-state index contributed by atoms with van der Waals surface area (Å²) in [7, 11) is 1.87. The third-order valence-electron chi connectivity index (χ3n) is 2.95. The first-order valence-corrected chi connectivity index (χ1v) is 6.01. The monoisotopic (exact) mass is 257 g/mol. The molecule has 0 atom stereocenters. The van der Waals surface area contributed by atoms with Gasteiger partial charge in [-0.2, -0.15) is 0 Å². The molecule has 1 aromatic carbocycles. The Labute approximate surface area is 111 Å². The van der Waals surface area contributed by atoms with Gasteiger partial charge in [-0.05, 0) is 36.2 Å². The number of carboxylic acid groups (broad SMARTS) is 1. The van der Waals surface area contributed by atoms with E-state index in [9.17, 15) is 4.79 Å². The summed E-state index contributed by atoms with van der Waals surface area (Å²) in [4.78, 5) is 12.6. The lowest BCUT2D eigenvalue weighted by atomic mass is 10.1. The van der Waals surface area contributed by atoms with E-state index in [0.717, 1.165) is 12.1 Å². The lowest BCUT2D eigenvalue weighted by Gasteiger charge is -2.17. The molecule has 19 heavy (non-hydrogen) atoms. The maximum absolute atomic E-state index is 10.7. The fourth-order valence-electron chi connectivity index (χ4n) is 1.71. The van der Waals surface area contributed by atoms with Gasteiger partial charge in [0.05, 0.1) is 0 Å². The number of aryl methyl sites for hydroxylation is 1. The van der Waals surface area contributed by atoms with Gasteiger partial charge in [0.2, 0.25) is 0 Å². The van der Waals surface area contributed by atoms with Crippen molar-refractivity contribution < 1.29 is 9.90 Å². The molecule has 0 bridgehead atoms. The molecule has 0 aliphatic rings. The first-order valence-electron chi connectivity index (χ1n) is 6.01. The number of hydrogen-bond acceptors (Lipinski definition) is 4. The van der Waals surface area contributed by atoms with E-state index in [2.05, 4.69) is 29.3 Å². The number of carbonyl (C=O) groups is 1. The van der Waals surface area contributed by atoms with Crippen LogP contribution in [0.15, 0.2) is 36.4 Å². The molecule has 0 spiro atoms. The molecule has 0 aliphatic heterocycles. The average Bonchev–Trinajstić information content (AvgIpc) is 2.46. The molecule has 2 rings (SSSR count). The Morgan fingerprint density at radius 2 is 1.84 bits per heavy atom. The molecule has 0 saturated carbocycles. The zero-order chi connectivity index (χ0) is 13.8. The third kappa shape index (κ3) is 2.88. The van der Waals surface area contributed by atoms with Gasteiger partial charge in [-0.1, -0.05) is 19.1 Å². The van der Waals surface area contributed by atoms with Gasteiger partial charge in [0.1, 0.15) is 0 Å². The SMILES string of the molecule is CCc1ccc(N(C)c2ccc(C(=O)O)nn2)cc1. The van der Waals surface area contributed by atoms with Crippen LogP contribution in [0.5, 0.6) is 0 Å². The molecular weight excluding hydrogens is 242 g/mol. The van der Waals surface area contributed by atoms with Crippen molar-refractivity contribution in [2.45, 2.75) is 13.3 Å². The van der Waals surface area contributed by atoms with Crippen molar-refractivity contribution in [3.05, 3.63) is 47.7 Å². The van der Waals surface area contributed by atoms with E-state index in [1.54, 1.807) is 6.07 Å². The smallest absolute Gasteiger partial charge is 0.356 e. The van der Waals surface area contributed by atoms with Crippen LogP contribution in [0, 0.1) is 0 Å². The van der Waals surface area contributed by atoms with Gasteiger partial charge in [0, 0.05) is 12.7 Å². The van der Waals surface area contributed by atoms with Gasteiger partial charge in [-0.25, -0.2) is 4.79 Å². The molecule has 0 radical (unpaired) electrons. The largest absolute Gasteiger partial charge is 0.476 e. The van der Waals surface area contributed by atoms with Crippen LogP contribution >= 0.6 is 0 Å². The zero-order valence-electron chi connectivity index (χ0n) is 10.9. The molecule has 0 aliphatic carbocycles. The molecule has 1 heterocycles. The lowest BCUT2D eigenvalue weighted by Crippen LogP contribution is -2.13. The Morgan fingerprint density at radius 1 is 1.16 bits per heavy atom. The second kappa shape index (κ2) is 5.48. The average molecular weight is 257 g/mol. The van der Waals surface area contributed by atoms with Gasteiger partial charge < -0.3 is 10.0 Å². The molecule has 5 heteroatoms.